The van der Waals surface area contributed by atoms with Crippen molar-refractivity contribution in [2.75, 3.05) is 0 Å². The SMILES string of the molecule is CC(C)c1nc2ccc(Br)cc2c(=O)n1N=Cc1cn(CC(N)=O)c2ccccc12. The van der Waals surface area contributed by atoms with Gasteiger partial charge in [-0.15, -0.1) is 0 Å². The number of benzene rings is 2. The summed E-state index contributed by atoms with van der Waals surface area (Å²) < 4.78 is 3.93. The van der Waals surface area contributed by atoms with Crippen molar-refractivity contribution in [1.29, 1.82) is 0 Å². The molecule has 0 saturated heterocycles. The zero-order valence-electron chi connectivity index (χ0n) is 16.5. The molecule has 0 aliphatic carbocycles. The summed E-state index contributed by atoms with van der Waals surface area (Å²) in [6, 6.07) is 13.1. The number of carbonyl (C=O) groups is 1. The summed E-state index contributed by atoms with van der Waals surface area (Å²) in [5.74, 6) is 0.146. The molecule has 2 heterocycles. The Morgan fingerprint density at radius 3 is 2.73 bits per heavy atom. The van der Waals surface area contributed by atoms with Gasteiger partial charge in [0.2, 0.25) is 5.91 Å². The topological polar surface area (TPSA) is 95.3 Å². The highest BCUT2D eigenvalue weighted by Crippen LogP contribution is 2.21. The Bertz CT molecular complexity index is 1370. The molecule has 152 valence electrons. The van der Waals surface area contributed by atoms with Gasteiger partial charge in [0.1, 0.15) is 12.4 Å². The van der Waals surface area contributed by atoms with Crippen LogP contribution < -0.4 is 11.3 Å². The first-order valence-electron chi connectivity index (χ1n) is 9.48. The van der Waals surface area contributed by atoms with E-state index in [2.05, 4.69) is 26.0 Å². The molecule has 0 fully saturated rings. The van der Waals surface area contributed by atoms with Crippen molar-refractivity contribution in [2.45, 2.75) is 26.3 Å². The Balaban J connectivity index is 1.89. The van der Waals surface area contributed by atoms with Gasteiger partial charge in [-0.3, -0.25) is 9.59 Å². The maximum Gasteiger partial charge on any atom is 0.282 e. The summed E-state index contributed by atoms with van der Waals surface area (Å²) in [6.45, 7) is 4.01. The number of hydrogen-bond acceptors (Lipinski definition) is 4. The van der Waals surface area contributed by atoms with Crippen molar-refractivity contribution in [3.05, 3.63) is 74.9 Å². The first kappa shape index (κ1) is 20.0. The Kier molecular flexibility index (Phi) is 5.26. The van der Waals surface area contributed by atoms with E-state index in [1.54, 1.807) is 16.8 Å². The molecule has 4 aromatic rings. The van der Waals surface area contributed by atoms with Crippen LogP contribution in [-0.2, 0) is 11.3 Å². The van der Waals surface area contributed by atoms with Crippen LogP contribution in [-0.4, -0.2) is 26.3 Å². The van der Waals surface area contributed by atoms with Crippen molar-refractivity contribution in [3.8, 4) is 0 Å². The molecule has 0 aliphatic heterocycles. The van der Waals surface area contributed by atoms with E-state index in [1.165, 1.54) is 4.68 Å². The van der Waals surface area contributed by atoms with Crippen LogP contribution in [0.2, 0.25) is 0 Å². The molecule has 30 heavy (non-hydrogen) atoms. The van der Waals surface area contributed by atoms with E-state index in [0.29, 0.717) is 16.7 Å². The minimum absolute atomic E-state index is 0.000833. The number of nitrogens with zero attached hydrogens (tertiary/aromatic N) is 4. The lowest BCUT2D eigenvalue weighted by atomic mass is 10.2. The highest BCUT2D eigenvalue weighted by atomic mass is 79.9. The van der Waals surface area contributed by atoms with E-state index in [4.69, 9.17) is 5.73 Å². The predicted octanol–water partition coefficient (Wildman–Crippen LogP) is 3.60. The quantitative estimate of drug-likeness (QED) is 0.456. The number of carbonyl (C=O) groups excluding carboxylic acids is 1. The standard InChI is InChI=1S/C22H20BrN5O2/c1-13(2)21-26-18-8-7-15(23)9-17(18)22(30)28(21)25-10-14-11-27(12-20(24)29)19-6-4-3-5-16(14)19/h3-11,13H,12H2,1-2H3,(H2,24,29). The summed E-state index contributed by atoms with van der Waals surface area (Å²) in [4.78, 5) is 29.2. The molecule has 1 amide bonds. The van der Waals surface area contributed by atoms with Crippen LogP contribution in [0.3, 0.4) is 0 Å². The monoisotopic (exact) mass is 465 g/mol. The Labute approximate surface area is 181 Å². The van der Waals surface area contributed by atoms with E-state index in [1.807, 2.05) is 56.4 Å². The summed E-state index contributed by atoms with van der Waals surface area (Å²) >= 11 is 3.41. The maximum atomic E-state index is 13.2. The van der Waals surface area contributed by atoms with Gasteiger partial charge in [-0.2, -0.15) is 9.78 Å². The number of hydrogen-bond donors (Lipinski definition) is 1. The number of halogens is 1. The van der Waals surface area contributed by atoms with Gasteiger partial charge in [-0.1, -0.05) is 48.0 Å². The highest BCUT2D eigenvalue weighted by Gasteiger charge is 2.14. The molecule has 0 radical (unpaired) electrons. The number of primary amides is 1. The third kappa shape index (κ3) is 3.66. The first-order valence-corrected chi connectivity index (χ1v) is 10.3. The molecule has 2 aromatic carbocycles. The van der Waals surface area contributed by atoms with Crippen molar-refractivity contribution in [2.24, 2.45) is 10.8 Å². The van der Waals surface area contributed by atoms with Gasteiger partial charge in [0.25, 0.3) is 5.56 Å². The van der Waals surface area contributed by atoms with E-state index in [9.17, 15) is 9.59 Å². The van der Waals surface area contributed by atoms with Crippen molar-refractivity contribution >= 4 is 49.9 Å². The van der Waals surface area contributed by atoms with Crippen LogP contribution >= 0.6 is 15.9 Å². The van der Waals surface area contributed by atoms with Crippen LogP contribution in [0.15, 0.2) is 63.0 Å². The molecule has 0 atom stereocenters. The van der Waals surface area contributed by atoms with Gasteiger partial charge in [-0.05, 0) is 24.3 Å². The fourth-order valence-electron chi connectivity index (χ4n) is 3.45. The molecule has 0 unspecified atom stereocenters. The second-order valence-electron chi connectivity index (χ2n) is 7.34. The summed E-state index contributed by atoms with van der Waals surface area (Å²) in [5.41, 5.74) is 7.43. The van der Waals surface area contributed by atoms with E-state index < -0.39 is 5.91 Å². The third-order valence-electron chi connectivity index (χ3n) is 4.81. The number of nitrogens with two attached hydrogens (primary N) is 1. The molecule has 0 aliphatic rings. The largest absolute Gasteiger partial charge is 0.368 e. The molecular weight excluding hydrogens is 446 g/mol. The fourth-order valence-corrected chi connectivity index (χ4v) is 3.81. The van der Waals surface area contributed by atoms with E-state index in [0.717, 1.165) is 20.9 Å². The number of rotatable bonds is 5. The number of fused-ring (bicyclic) bond motifs is 2. The lowest BCUT2D eigenvalue weighted by Gasteiger charge is -2.11. The summed E-state index contributed by atoms with van der Waals surface area (Å²) in [5, 5.41) is 5.89. The molecule has 4 rings (SSSR count). The maximum absolute atomic E-state index is 13.2. The predicted molar refractivity (Wildman–Crippen MR) is 122 cm³/mol. The third-order valence-corrected chi connectivity index (χ3v) is 5.30. The van der Waals surface area contributed by atoms with E-state index >= 15 is 0 Å². The molecule has 2 N–H and O–H groups in total. The average molecular weight is 466 g/mol. The molecule has 7 nitrogen and oxygen atoms in total. The molecule has 8 heteroatoms. The Hall–Kier alpha value is -3.26. The second kappa shape index (κ2) is 7.87. The lowest BCUT2D eigenvalue weighted by molar-refractivity contribution is -0.118. The van der Waals surface area contributed by atoms with Crippen molar-refractivity contribution in [1.82, 2.24) is 14.2 Å². The summed E-state index contributed by atoms with van der Waals surface area (Å²) in [7, 11) is 0. The van der Waals surface area contributed by atoms with Gasteiger partial charge in [0.15, 0.2) is 0 Å². The van der Waals surface area contributed by atoms with Gasteiger partial charge < -0.3 is 10.3 Å². The first-order chi connectivity index (χ1) is 14.3. The van der Waals surface area contributed by atoms with Crippen LogP contribution in [0, 0.1) is 0 Å². The molecule has 0 saturated carbocycles. The van der Waals surface area contributed by atoms with Crippen LogP contribution in [0.25, 0.3) is 21.8 Å². The van der Waals surface area contributed by atoms with Gasteiger partial charge in [0.05, 0.1) is 17.1 Å². The molecule has 0 bridgehead atoms. The molecular formula is C22H20BrN5O2. The fraction of sp³-hybridized carbons (Fsp3) is 0.182. The summed E-state index contributed by atoms with van der Waals surface area (Å²) in [6.07, 6.45) is 3.43. The number of aromatic nitrogens is 3. The van der Waals surface area contributed by atoms with Crippen LogP contribution in [0.5, 0.6) is 0 Å². The van der Waals surface area contributed by atoms with E-state index in [-0.39, 0.29) is 18.0 Å². The molecule has 0 spiro atoms. The van der Waals surface area contributed by atoms with Crippen molar-refractivity contribution in [3.63, 3.8) is 0 Å². The zero-order valence-corrected chi connectivity index (χ0v) is 18.1. The number of para-hydroxylation sites is 1. The Morgan fingerprint density at radius 2 is 2.00 bits per heavy atom. The second-order valence-corrected chi connectivity index (χ2v) is 8.26. The highest BCUT2D eigenvalue weighted by molar-refractivity contribution is 9.10. The van der Waals surface area contributed by atoms with Crippen LogP contribution in [0.1, 0.15) is 31.2 Å². The van der Waals surface area contributed by atoms with Gasteiger partial charge >= 0.3 is 0 Å². The van der Waals surface area contributed by atoms with Crippen molar-refractivity contribution < 1.29 is 4.79 Å². The smallest absolute Gasteiger partial charge is 0.282 e. The lowest BCUT2D eigenvalue weighted by Crippen LogP contribution is -2.23. The normalized spacial score (nSPS) is 11.9. The van der Waals surface area contributed by atoms with Gasteiger partial charge in [-0.25, -0.2) is 4.98 Å². The zero-order chi connectivity index (χ0) is 21.4. The Morgan fingerprint density at radius 1 is 1.23 bits per heavy atom. The number of amides is 1. The average Bonchev–Trinajstić information content (AvgIpc) is 3.04. The minimum atomic E-state index is -0.429. The van der Waals surface area contributed by atoms with Crippen LogP contribution in [0.4, 0.5) is 0 Å². The van der Waals surface area contributed by atoms with Gasteiger partial charge in [0, 0.05) is 33.1 Å². The minimum Gasteiger partial charge on any atom is -0.368 e. The molecule has 2 aromatic heterocycles.